The van der Waals surface area contributed by atoms with Gasteiger partial charge in [0.1, 0.15) is 5.33 Å². The lowest BCUT2D eigenvalue weighted by atomic mass is 10.4. The summed E-state index contributed by atoms with van der Waals surface area (Å²) >= 11 is 4.70. The van der Waals surface area contributed by atoms with Gasteiger partial charge in [0.15, 0.2) is 4.93 Å². The van der Waals surface area contributed by atoms with E-state index < -0.39 is 4.93 Å². The summed E-state index contributed by atoms with van der Waals surface area (Å²) in [7, 11) is 0. The molecule has 0 aromatic rings. The zero-order chi connectivity index (χ0) is 9.90. The van der Waals surface area contributed by atoms with E-state index in [4.69, 9.17) is 9.47 Å². The van der Waals surface area contributed by atoms with Crippen molar-refractivity contribution in [2.75, 3.05) is 18.5 Å². The molecule has 1 fully saturated rings. The molecule has 1 rings (SSSR count). The average molecular weight is 269 g/mol. The van der Waals surface area contributed by atoms with Gasteiger partial charge in [-0.1, -0.05) is 22.9 Å². The van der Waals surface area contributed by atoms with Crippen LogP contribution in [-0.4, -0.2) is 34.7 Å². The molecule has 1 saturated heterocycles. The van der Waals surface area contributed by atoms with Crippen molar-refractivity contribution in [3.05, 3.63) is 0 Å². The first-order valence-corrected chi connectivity index (χ1v) is 6.09. The predicted octanol–water partition coefficient (Wildman–Crippen LogP) is 1.79. The Balaban J connectivity index is 2.49. The van der Waals surface area contributed by atoms with Crippen molar-refractivity contribution in [1.82, 2.24) is 0 Å². The van der Waals surface area contributed by atoms with Gasteiger partial charge in [-0.2, -0.15) is 0 Å². The lowest BCUT2D eigenvalue weighted by Gasteiger charge is -2.35. The maximum Gasteiger partial charge on any atom is 0.318 e. The quantitative estimate of drug-likeness (QED) is 0.565. The van der Waals surface area contributed by atoms with Gasteiger partial charge in [0, 0.05) is 5.25 Å². The molecule has 13 heavy (non-hydrogen) atoms. The number of carbonyl (C=O) groups excluding carboxylic acids is 1. The topological polar surface area (TPSA) is 35.5 Å². The molecule has 2 atom stereocenters. The Kier molecular flexibility index (Phi) is 4.06. The van der Waals surface area contributed by atoms with Gasteiger partial charge in [-0.15, -0.1) is 11.8 Å². The van der Waals surface area contributed by atoms with Crippen LogP contribution in [-0.2, 0) is 14.3 Å². The minimum absolute atomic E-state index is 0.234. The van der Waals surface area contributed by atoms with Gasteiger partial charge in [0.2, 0.25) is 0 Å². The summed E-state index contributed by atoms with van der Waals surface area (Å²) in [5.74, 6) is -0.243. The van der Waals surface area contributed by atoms with E-state index in [1.807, 2.05) is 6.92 Å². The van der Waals surface area contributed by atoms with E-state index in [1.165, 1.54) is 0 Å². The second-order valence-corrected chi connectivity index (χ2v) is 5.65. The number of ether oxygens (including phenoxy) is 2. The summed E-state index contributed by atoms with van der Waals surface area (Å²) in [6.45, 7) is 5.14. The second kappa shape index (κ2) is 4.66. The zero-order valence-corrected chi connectivity index (χ0v) is 10.1. The minimum Gasteiger partial charge on any atom is -0.445 e. The molecule has 0 bridgehead atoms. The summed E-state index contributed by atoms with van der Waals surface area (Å²) in [6, 6.07) is 0. The van der Waals surface area contributed by atoms with Crippen molar-refractivity contribution in [3.63, 3.8) is 0 Å². The highest BCUT2D eigenvalue weighted by Gasteiger charge is 2.35. The Labute approximate surface area is 90.7 Å². The third kappa shape index (κ3) is 3.48. The molecule has 0 saturated carbocycles. The average Bonchev–Trinajstić information content (AvgIpc) is 2.02. The van der Waals surface area contributed by atoms with Crippen LogP contribution in [0.15, 0.2) is 0 Å². The molecule has 0 aromatic carbocycles. The van der Waals surface area contributed by atoms with Crippen molar-refractivity contribution in [1.29, 1.82) is 0 Å². The Morgan fingerprint density at radius 2 is 2.54 bits per heavy atom. The summed E-state index contributed by atoms with van der Waals surface area (Å²) in [6.07, 6.45) is 0. The van der Waals surface area contributed by atoms with Crippen molar-refractivity contribution < 1.29 is 14.3 Å². The summed E-state index contributed by atoms with van der Waals surface area (Å²) < 4.78 is 10.6. The number of hydrogen-bond donors (Lipinski definition) is 0. The molecule has 1 heterocycles. The molecule has 3 nitrogen and oxygen atoms in total. The Morgan fingerprint density at radius 1 is 1.85 bits per heavy atom. The molecular formula is C8H13BrO3S. The van der Waals surface area contributed by atoms with E-state index in [2.05, 4.69) is 22.9 Å². The van der Waals surface area contributed by atoms with Crippen molar-refractivity contribution in [3.8, 4) is 0 Å². The van der Waals surface area contributed by atoms with Gasteiger partial charge in [-0.05, 0) is 6.92 Å². The number of carbonyl (C=O) groups is 1. The first-order valence-electron chi connectivity index (χ1n) is 4.09. The monoisotopic (exact) mass is 268 g/mol. The van der Waals surface area contributed by atoms with Crippen molar-refractivity contribution in [2.24, 2.45) is 0 Å². The van der Waals surface area contributed by atoms with Crippen LogP contribution in [0.1, 0.15) is 13.8 Å². The largest absolute Gasteiger partial charge is 0.445 e. The SMILES string of the molecule is CC1COCC(C)(OC(=O)CBr)S1. The van der Waals surface area contributed by atoms with Crippen LogP contribution >= 0.6 is 27.7 Å². The van der Waals surface area contributed by atoms with Gasteiger partial charge < -0.3 is 9.47 Å². The molecule has 0 aromatic heterocycles. The number of hydrogen-bond acceptors (Lipinski definition) is 4. The highest BCUT2D eigenvalue weighted by atomic mass is 79.9. The number of halogens is 1. The molecule has 0 amide bonds. The lowest BCUT2D eigenvalue weighted by Crippen LogP contribution is -2.40. The van der Waals surface area contributed by atoms with Gasteiger partial charge in [0.05, 0.1) is 13.2 Å². The number of esters is 1. The minimum atomic E-state index is -0.511. The van der Waals surface area contributed by atoms with E-state index in [0.717, 1.165) is 6.61 Å². The Bertz CT molecular complexity index is 200. The van der Waals surface area contributed by atoms with E-state index >= 15 is 0 Å². The van der Waals surface area contributed by atoms with E-state index in [9.17, 15) is 4.79 Å². The molecule has 0 aliphatic carbocycles. The maximum atomic E-state index is 11.1. The fraction of sp³-hybridized carbons (Fsp3) is 0.875. The fourth-order valence-corrected chi connectivity index (χ4v) is 2.65. The van der Waals surface area contributed by atoms with Crippen LogP contribution < -0.4 is 0 Å². The first-order chi connectivity index (χ1) is 6.06. The maximum absolute atomic E-state index is 11.1. The molecule has 5 heteroatoms. The lowest BCUT2D eigenvalue weighted by molar-refractivity contribution is -0.151. The molecule has 2 unspecified atom stereocenters. The van der Waals surface area contributed by atoms with E-state index in [-0.39, 0.29) is 11.3 Å². The normalized spacial score (nSPS) is 34.2. The third-order valence-electron chi connectivity index (χ3n) is 1.61. The third-order valence-corrected chi connectivity index (χ3v) is 3.30. The smallest absolute Gasteiger partial charge is 0.318 e. The van der Waals surface area contributed by atoms with E-state index in [1.54, 1.807) is 11.8 Å². The second-order valence-electron chi connectivity index (χ2n) is 3.19. The van der Waals surface area contributed by atoms with Gasteiger partial charge >= 0.3 is 5.97 Å². The highest BCUT2D eigenvalue weighted by Crippen LogP contribution is 2.34. The van der Waals surface area contributed by atoms with Gasteiger partial charge in [-0.3, -0.25) is 4.79 Å². The number of thioether (sulfide) groups is 1. The van der Waals surface area contributed by atoms with Crippen LogP contribution in [0.4, 0.5) is 0 Å². The first kappa shape index (κ1) is 11.3. The van der Waals surface area contributed by atoms with Crippen LogP contribution in [0.3, 0.4) is 0 Å². The number of rotatable bonds is 2. The predicted molar refractivity (Wildman–Crippen MR) is 56.2 cm³/mol. The molecule has 76 valence electrons. The summed E-state index contributed by atoms with van der Waals surface area (Å²) in [4.78, 5) is 10.5. The van der Waals surface area contributed by atoms with Crippen LogP contribution in [0.25, 0.3) is 0 Å². The number of alkyl halides is 1. The molecule has 0 spiro atoms. The Morgan fingerprint density at radius 3 is 3.08 bits per heavy atom. The molecule has 1 aliphatic heterocycles. The highest BCUT2D eigenvalue weighted by molar-refractivity contribution is 9.09. The van der Waals surface area contributed by atoms with Gasteiger partial charge in [0.25, 0.3) is 0 Å². The van der Waals surface area contributed by atoms with Crippen molar-refractivity contribution in [2.45, 2.75) is 24.0 Å². The van der Waals surface area contributed by atoms with Gasteiger partial charge in [-0.25, -0.2) is 0 Å². The van der Waals surface area contributed by atoms with Crippen LogP contribution in [0, 0.1) is 0 Å². The van der Waals surface area contributed by atoms with Crippen molar-refractivity contribution >= 4 is 33.7 Å². The molecule has 0 radical (unpaired) electrons. The van der Waals surface area contributed by atoms with E-state index in [0.29, 0.717) is 11.9 Å². The van der Waals surface area contributed by atoms with Crippen LogP contribution in [0.5, 0.6) is 0 Å². The molecule has 0 N–H and O–H groups in total. The summed E-state index contributed by atoms with van der Waals surface area (Å²) in [5, 5.41) is 0.610. The molecular weight excluding hydrogens is 256 g/mol. The standard InChI is InChI=1S/C8H13BrO3S/c1-6-4-11-5-8(2,13-6)12-7(10)3-9/h6H,3-5H2,1-2H3. The van der Waals surface area contributed by atoms with Crippen LogP contribution in [0.2, 0.25) is 0 Å². The summed E-state index contributed by atoms with van der Waals surface area (Å²) in [5.41, 5.74) is 0. The molecule has 1 aliphatic rings. The Hall–Kier alpha value is 0.260. The fourth-order valence-electron chi connectivity index (χ4n) is 1.23. The zero-order valence-electron chi connectivity index (χ0n) is 7.71.